The Morgan fingerprint density at radius 3 is 2.62 bits per heavy atom. The molecule has 0 aliphatic carbocycles. The highest BCUT2D eigenvalue weighted by atomic mass is 32.1. The van der Waals surface area contributed by atoms with Crippen LogP contribution in [-0.4, -0.2) is 12.6 Å². The van der Waals surface area contributed by atoms with Crippen LogP contribution in [0.3, 0.4) is 0 Å². The van der Waals surface area contributed by atoms with Crippen molar-refractivity contribution in [3.05, 3.63) is 21.4 Å². The van der Waals surface area contributed by atoms with E-state index < -0.39 is 0 Å². The second kappa shape index (κ2) is 4.92. The van der Waals surface area contributed by atoms with Gasteiger partial charge in [-0.2, -0.15) is 0 Å². The molecule has 1 aromatic rings. The molecular formula is C10H12O2S. The van der Waals surface area contributed by atoms with E-state index in [2.05, 4.69) is 6.92 Å². The van der Waals surface area contributed by atoms with Gasteiger partial charge in [-0.25, -0.2) is 0 Å². The van der Waals surface area contributed by atoms with Crippen molar-refractivity contribution in [2.75, 3.05) is 0 Å². The van der Waals surface area contributed by atoms with Crippen LogP contribution in [-0.2, 0) is 6.42 Å². The fourth-order valence-electron chi connectivity index (χ4n) is 1.13. The molecule has 0 radical (unpaired) electrons. The minimum atomic E-state index is 0.533. The van der Waals surface area contributed by atoms with Crippen LogP contribution in [0.25, 0.3) is 0 Å². The molecule has 1 heterocycles. The van der Waals surface area contributed by atoms with Gasteiger partial charge in [-0.15, -0.1) is 11.3 Å². The molecular weight excluding hydrogens is 184 g/mol. The van der Waals surface area contributed by atoms with Crippen molar-refractivity contribution >= 4 is 23.9 Å². The van der Waals surface area contributed by atoms with Gasteiger partial charge < -0.3 is 0 Å². The van der Waals surface area contributed by atoms with Gasteiger partial charge in [0.15, 0.2) is 12.6 Å². The maximum absolute atomic E-state index is 10.5. The normalized spacial score (nSPS) is 9.92. The van der Waals surface area contributed by atoms with Gasteiger partial charge in [0.05, 0.1) is 4.88 Å². The molecule has 0 atom stereocenters. The summed E-state index contributed by atoms with van der Waals surface area (Å²) in [6.07, 6.45) is 4.71. The number of aldehydes is 2. The molecule has 13 heavy (non-hydrogen) atoms. The van der Waals surface area contributed by atoms with Crippen LogP contribution in [0.15, 0.2) is 6.07 Å². The van der Waals surface area contributed by atoms with E-state index in [9.17, 15) is 9.59 Å². The Kier molecular flexibility index (Phi) is 3.83. The summed E-state index contributed by atoms with van der Waals surface area (Å²) in [5.74, 6) is 0. The minimum Gasteiger partial charge on any atom is -0.298 e. The fraction of sp³-hybridized carbons (Fsp3) is 0.400. The molecule has 0 aliphatic rings. The van der Waals surface area contributed by atoms with Crippen molar-refractivity contribution in [1.82, 2.24) is 0 Å². The van der Waals surface area contributed by atoms with Crippen molar-refractivity contribution in [3.8, 4) is 0 Å². The SMILES string of the molecule is CCCCc1cc(C=O)c(C=O)s1. The van der Waals surface area contributed by atoms with Gasteiger partial charge >= 0.3 is 0 Å². The van der Waals surface area contributed by atoms with Crippen molar-refractivity contribution in [2.45, 2.75) is 26.2 Å². The van der Waals surface area contributed by atoms with Crippen LogP contribution in [0.5, 0.6) is 0 Å². The lowest BCUT2D eigenvalue weighted by Crippen LogP contribution is -1.80. The second-order valence-corrected chi connectivity index (χ2v) is 4.04. The number of thiophene rings is 1. The Morgan fingerprint density at radius 1 is 1.38 bits per heavy atom. The molecule has 0 bridgehead atoms. The number of hydrogen-bond donors (Lipinski definition) is 0. The Hall–Kier alpha value is -0.960. The summed E-state index contributed by atoms with van der Waals surface area (Å²) < 4.78 is 0. The number of rotatable bonds is 5. The maximum atomic E-state index is 10.5. The van der Waals surface area contributed by atoms with Crippen LogP contribution in [0, 0.1) is 0 Å². The zero-order chi connectivity index (χ0) is 9.68. The third-order valence-electron chi connectivity index (χ3n) is 1.85. The van der Waals surface area contributed by atoms with Crippen molar-refractivity contribution in [1.29, 1.82) is 0 Å². The zero-order valence-corrected chi connectivity index (χ0v) is 8.39. The number of aryl methyl sites for hydroxylation is 1. The molecule has 0 amide bonds. The number of carbonyl (C=O) groups excluding carboxylic acids is 2. The van der Waals surface area contributed by atoms with Crippen LogP contribution in [0.1, 0.15) is 44.7 Å². The van der Waals surface area contributed by atoms with Gasteiger partial charge in [0, 0.05) is 10.4 Å². The molecule has 0 N–H and O–H groups in total. The first-order chi connectivity index (χ1) is 6.31. The van der Waals surface area contributed by atoms with E-state index >= 15 is 0 Å². The highest BCUT2D eigenvalue weighted by Crippen LogP contribution is 2.21. The van der Waals surface area contributed by atoms with E-state index in [0.717, 1.165) is 36.7 Å². The third-order valence-corrected chi connectivity index (χ3v) is 2.99. The van der Waals surface area contributed by atoms with Crippen LogP contribution >= 0.6 is 11.3 Å². The van der Waals surface area contributed by atoms with Gasteiger partial charge in [-0.1, -0.05) is 13.3 Å². The first-order valence-electron chi connectivity index (χ1n) is 4.35. The molecule has 70 valence electrons. The zero-order valence-electron chi connectivity index (χ0n) is 7.58. The largest absolute Gasteiger partial charge is 0.298 e. The van der Waals surface area contributed by atoms with E-state index in [1.54, 1.807) is 0 Å². The molecule has 0 fully saturated rings. The average molecular weight is 196 g/mol. The quantitative estimate of drug-likeness (QED) is 0.678. The molecule has 0 spiro atoms. The molecule has 2 nitrogen and oxygen atoms in total. The first kappa shape index (κ1) is 10.1. The summed E-state index contributed by atoms with van der Waals surface area (Å²) in [7, 11) is 0. The van der Waals surface area contributed by atoms with Gasteiger partial charge in [0.1, 0.15) is 0 Å². The lowest BCUT2D eigenvalue weighted by atomic mass is 10.2. The van der Waals surface area contributed by atoms with Gasteiger partial charge in [-0.05, 0) is 18.9 Å². The van der Waals surface area contributed by atoms with E-state index in [1.165, 1.54) is 11.3 Å². The number of hydrogen-bond acceptors (Lipinski definition) is 3. The van der Waals surface area contributed by atoms with Gasteiger partial charge in [0.2, 0.25) is 0 Å². The Labute approximate surface area is 81.6 Å². The van der Waals surface area contributed by atoms with Gasteiger partial charge in [-0.3, -0.25) is 9.59 Å². The summed E-state index contributed by atoms with van der Waals surface area (Å²) in [5, 5.41) is 0. The first-order valence-corrected chi connectivity index (χ1v) is 5.16. The van der Waals surface area contributed by atoms with Crippen molar-refractivity contribution in [3.63, 3.8) is 0 Å². The van der Waals surface area contributed by atoms with Crippen molar-refractivity contribution < 1.29 is 9.59 Å². The highest BCUT2D eigenvalue weighted by molar-refractivity contribution is 7.14. The monoisotopic (exact) mass is 196 g/mol. The third kappa shape index (κ3) is 2.49. The summed E-state index contributed by atoms with van der Waals surface area (Å²) in [6, 6.07) is 1.82. The summed E-state index contributed by atoms with van der Waals surface area (Å²) >= 11 is 1.42. The van der Waals surface area contributed by atoms with Crippen LogP contribution in [0.4, 0.5) is 0 Å². The molecule has 1 aromatic heterocycles. The number of carbonyl (C=O) groups is 2. The maximum Gasteiger partial charge on any atom is 0.160 e. The fourth-order valence-corrected chi connectivity index (χ4v) is 2.12. The van der Waals surface area contributed by atoms with Crippen LogP contribution in [0.2, 0.25) is 0 Å². The Balaban J connectivity index is 2.80. The molecule has 0 saturated carbocycles. The molecule has 0 aliphatic heterocycles. The lowest BCUT2D eigenvalue weighted by molar-refractivity contribution is 0.109. The molecule has 1 rings (SSSR count). The van der Waals surface area contributed by atoms with E-state index in [-0.39, 0.29) is 0 Å². The van der Waals surface area contributed by atoms with E-state index in [4.69, 9.17) is 0 Å². The summed E-state index contributed by atoms with van der Waals surface area (Å²) in [4.78, 5) is 22.7. The highest BCUT2D eigenvalue weighted by Gasteiger charge is 2.06. The van der Waals surface area contributed by atoms with Crippen LogP contribution < -0.4 is 0 Å². The molecule has 0 aromatic carbocycles. The topological polar surface area (TPSA) is 34.1 Å². The minimum absolute atomic E-state index is 0.533. The molecule has 0 unspecified atom stereocenters. The predicted octanol–water partition coefficient (Wildman–Crippen LogP) is 2.72. The smallest absolute Gasteiger partial charge is 0.160 e. The van der Waals surface area contributed by atoms with Gasteiger partial charge in [0.25, 0.3) is 0 Å². The molecule has 0 saturated heterocycles. The summed E-state index contributed by atoms with van der Waals surface area (Å²) in [6.45, 7) is 2.12. The standard InChI is InChI=1S/C10H12O2S/c1-2-3-4-9-5-8(6-11)10(7-12)13-9/h5-7H,2-4H2,1H3. The lowest BCUT2D eigenvalue weighted by Gasteiger charge is -1.90. The average Bonchev–Trinajstić information content (AvgIpc) is 2.57. The second-order valence-electron chi connectivity index (χ2n) is 2.87. The predicted molar refractivity (Wildman–Crippen MR) is 53.7 cm³/mol. The van der Waals surface area contributed by atoms with E-state index in [1.807, 2.05) is 6.07 Å². The summed E-state index contributed by atoms with van der Waals surface area (Å²) in [5.41, 5.74) is 0.533. The molecule has 3 heteroatoms. The Morgan fingerprint density at radius 2 is 2.15 bits per heavy atom. The van der Waals surface area contributed by atoms with E-state index in [0.29, 0.717) is 10.4 Å². The van der Waals surface area contributed by atoms with Crippen molar-refractivity contribution in [2.24, 2.45) is 0 Å². The number of unbranched alkanes of at least 4 members (excludes halogenated alkanes) is 1. The Bertz CT molecular complexity index is 276.